The maximum Gasteiger partial charge on any atom is 0.303 e. The second-order valence-corrected chi connectivity index (χ2v) is 4.74. The molecule has 6 nitrogen and oxygen atoms in total. The predicted molar refractivity (Wildman–Crippen MR) is 84.2 cm³/mol. The minimum absolute atomic E-state index is 0.0546. The van der Waals surface area contributed by atoms with Gasteiger partial charge < -0.3 is 15.3 Å². The third-order valence-electron chi connectivity index (χ3n) is 3.08. The number of carboxylic acid groups (broad SMARTS) is 1. The highest BCUT2D eigenvalue weighted by Gasteiger charge is 2.08. The predicted octanol–water partition coefficient (Wildman–Crippen LogP) is 2.65. The van der Waals surface area contributed by atoms with Crippen molar-refractivity contribution in [1.29, 1.82) is 0 Å². The van der Waals surface area contributed by atoms with Crippen molar-refractivity contribution in [3.05, 3.63) is 48.7 Å². The molecular formula is C16H17N3O3. The Morgan fingerprint density at radius 2 is 1.86 bits per heavy atom. The van der Waals surface area contributed by atoms with Gasteiger partial charge in [0.25, 0.3) is 0 Å². The van der Waals surface area contributed by atoms with Crippen LogP contribution < -0.4 is 10.2 Å². The van der Waals surface area contributed by atoms with Crippen LogP contribution in [0.5, 0.6) is 0 Å². The molecule has 0 saturated carbocycles. The van der Waals surface area contributed by atoms with Crippen molar-refractivity contribution in [3.8, 4) is 0 Å². The number of aliphatic carboxylic acids is 1. The summed E-state index contributed by atoms with van der Waals surface area (Å²) < 4.78 is 0. The number of rotatable bonds is 6. The first-order valence-corrected chi connectivity index (χ1v) is 6.83. The molecule has 0 atom stereocenters. The molecule has 22 heavy (non-hydrogen) atoms. The van der Waals surface area contributed by atoms with E-state index in [2.05, 4.69) is 10.3 Å². The van der Waals surface area contributed by atoms with Gasteiger partial charge in [-0.25, -0.2) is 4.98 Å². The lowest BCUT2D eigenvalue weighted by atomic mass is 10.3. The van der Waals surface area contributed by atoms with Crippen molar-refractivity contribution in [2.45, 2.75) is 12.8 Å². The molecule has 0 radical (unpaired) electrons. The van der Waals surface area contributed by atoms with E-state index >= 15 is 0 Å². The molecule has 0 bridgehead atoms. The van der Waals surface area contributed by atoms with Crippen LogP contribution in [0.15, 0.2) is 48.7 Å². The van der Waals surface area contributed by atoms with E-state index in [9.17, 15) is 9.59 Å². The van der Waals surface area contributed by atoms with Crippen molar-refractivity contribution >= 4 is 29.1 Å². The molecule has 0 fully saturated rings. The van der Waals surface area contributed by atoms with E-state index in [0.29, 0.717) is 5.69 Å². The van der Waals surface area contributed by atoms with Gasteiger partial charge in [-0.15, -0.1) is 0 Å². The lowest BCUT2D eigenvalue weighted by Crippen LogP contribution is -2.14. The first kappa shape index (κ1) is 15.5. The summed E-state index contributed by atoms with van der Waals surface area (Å²) in [6, 6.07) is 13.3. The van der Waals surface area contributed by atoms with E-state index in [1.54, 1.807) is 18.3 Å². The third kappa shape index (κ3) is 4.31. The number of para-hydroxylation sites is 1. The molecule has 1 heterocycles. The van der Waals surface area contributed by atoms with E-state index in [4.69, 9.17) is 5.11 Å². The van der Waals surface area contributed by atoms with E-state index in [-0.39, 0.29) is 18.7 Å². The van der Waals surface area contributed by atoms with Crippen molar-refractivity contribution in [2.75, 3.05) is 17.3 Å². The Kier molecular flexibility index (Phi) is 5.08. The molecule has 2 N–H and O–H groups in total. The maximum atomic E-state index is 11.5. The summed E-state index contributed by atoms with van der Waals surface area (Å²) >= 11 is 0. The Balaban J connectivity index is 1.98. The molecule has 0 aliphatic heterocycles. The van der Waals surface area contributed by atoms with Gasteiger partial charge in [0.05, 0.1) is 18.3 Å². The van der Waals surface area contributed by atoms with Crippen LogP contribution >= 0.6 is 0 Å². The van der Waals surface area contributed by atoms with Crippen LogP contribution in [0.3, 0.4) is 0 Å². The molecule has 1 aromatic carbocycles. The second kappa shape index (κ2) is 7.21. The molecule has 1 amide bonds. The van der Waals surface area contributed by atoms with E-state index < -0.39 is 5.97 Å². The fraction of sp³-hybridized carbons (Fsp3) is 0.188. The molecule has 6 heteroatoms. The van der Waals surface area contributed by atoms with Gasteiger partial charge in [0, 0.05) is 19.2 Å². The normalized spacial score (nSPS) is 10.0. The lowest BCUT2D eigenvalue weighted by molar-refractivity contribution is -0.138. The minimum atomic E-state index is -0.992. The summed E-state index contributed by atoms with van der Waals surface area (Å²) in [5, 5.41) is 11.2. The third-order valence-corrected chi connectivity index (χ3v) is 3.08. The summed E-state index contributed by atoms with van der Waals surface area (Å²) in [6.45, 7) is 0. The van der Waals surface area contributed by atoms with E-state index in [1.807, 2.05) is 42.3 Å². The highest BCUT2D eigenvalue weighted by atomic mass is 16.4. The first-order valence-electron chi connectivity index (χ1n) is 6.83. The molecule has 2 rings (SSSR count). The van der Waals surface area contributed by atoms with E-state index in [0.717, 1.165) is 11.5 Å². The Morgan fingerprint density at radius 3 is 2.45 bits per heavy atom. The van der Waals surface area contributed by atoms with E-state index in [1.165, 1.54) is 0 Å². The number of anilines is 3. The SMILES string of the molecule is CN(c1ccccc1)c1ccc(NC(=O)CCC(=O)O)cn1. The summed E-state index contributed by atoms with van der Waals surface area (Å²) in [7, 11) is 1.91. The maximum absolute atomic E-state index is 11.5. The average molecular weight is 299 g/mol. The Labute approximate surface area is 128 Å². The van der Waals surface area contributed by atoms with Crippen molar-refractivity contribution in [2.24, 2.45) is 0 Å². The van der Waals surface area contributed by atoms with Gasteiger partial charge in [0.15, 0.2) is 0 Å². The number of nitrogens with zero attached hydrogens (tertiary/aromatic N) is 2. The number of hydrogen-bond donors (Lipinski definition) is 2. The molecule has 114 valence electrons. The number of carbonyl (C=O) groups excluding carboxylic acids is 1. The number of hydrogen-bond acceptors (Lipinski definition) is 4. The van der Waals surface area contributed by atoms with Crippen LogP contribution in [-0.4, -0.2) is 29.0 Å². The molecule has 0 spiro atoms. The summed E-state index contributed by atoms with van der Waals surface area (Å²) in [6.07, 6.45) is 1.31. The molecule has 0 aliphatic rings. The van der Waals surface area contributed by atoms with Gasteiger partial charge >= 0.3 is 5.97 Å². The number of nitrogens with one attached hydrogen (secondary N) is 1. The van der Waals surface area contributed by atoms with Crippen LogP contribution in [0.25, 0.3) is 0 Å². The monoisotopic (exact) mass is 299 g/mol. The molecule has 0 unspecified atom stereocenters. The number of carboxylic acids is 1. The van der Waals surface area contributed by atoms with Crippen molar-refractivity contribution in [1.82, 2.24) is 4.98 Å². The van der Waals surface area contributed by atoms with Crippen LogP contribution in [-0.2, 0) is 9.59 Å². The summed E-state index contributed by atoms with van der Waals surface area (Å²) in [4.78, 5) is 28.2. The lowest BCUT2D eigenvalue weighted by Gasteiger charge is -2.18. The van der Waals surface area contributed by atoms with Crippen LogP contribution in [0.2, 0.25) is 0 Å². The van der Waals surface area contributed by atoms with Gasteiger partial charge in [0.2, 0.25) is 5.91 Å². The zero-order valence-electron chi connectivity index (χ0n) is 12.2. The number of benzene rings is 1. The van der Waals surface area contributed by atoms with Gasteiger partial charge in [-0.05, 0) is 24.3 Å². The fourth-order valence-electron chi connectivity index (χ4n) is 1.89. The highest BCUT2D eigenvalue weighted by molar-refractivity contribution is 5.92. The molecular weight excluding hydrogens is 282 g/mol. The second-order valence-electron chi connectivity index (χ2n) is 4.74. The standard InChI is InChI=1S/C16H17N3O3/c1-19(13-5-3-2-4-6-13)14-8-7-12(11-17-14)18-15(20)9-10-16(21)22/h2-8,11H,9-10H2,1H3,(H,18,20)(H,21,22). The van der Waals surface area contributed by atoms with Gasteiger partial charge in [0.1, 0.15) is 5.82 Å². The molecule has 1 aromatic heterocycles. The topological polar surface area (TPSA) is 82.5 Å². The highest BCUT2D eigenvalue weighted by Crippen LogP contribution is 2.21. The number of aromatic nitrogens is 1. The van der Waals surface area contributed by atoms with Crippen LogP contribution in [0.1, 0.15) is 12.8 Å². The van der Waals surface area contributed by atoms with Crippen molar-refractivity contribution < 1.29 is 14.7 Å². The largest absolute Gasteiger partial charge is 0.481 e. The quantitative estimate of drug-likeness (QED) is 0.857. The van der Waals surface area contributed by atoms with Gasteiger partial charge in [-0.1, -0.05) is 18.2 Å². The minimum Gasteiger partial charge on any atom is -0.481 e. The molecule has 2 aromatic rings. The number of amides is 1. The smallest absolute Gasteiger partial charge is 0.303 e. The zero-order valence-corrected chi connectivity index (χ0v) is 12.2. The summed E-state index contributed by atoms with van der Waals surface area (Å²) in [5.41, 5.74) is 1.55. The Hall–Kier alpha value is -2.89. The summed E-state index contributed by atoms with van der Waals surface area (Å²) in [5.74, 6) is -0.587. The Bertz CT molecular complexity index is 641. The van der Waals surface area contributed by atoms with Crippen LogP contribution in [0, 0.1) is 0 Å². The van der Waals surface area contributed by atoms with Crippen molar-refractivity contribution in [3.63, 3.8) is 0 Å². The Morgan fingerprint density at radius 1 is 1.14 bits per heavy atom. The van der Waals surface area contributed by atoms with Gasteiger partial charge in [-0.3, -0.25) is 9.59 Å². The molecule has 0 saturated heterocycles. The number of pyridine rings is 1. The zero-order chi connectivity index (χ0) is 15.9. The first-order chi connectivity index (χ1) is 10.6. The number of carbonyl (C=O) groups is 2. The fourth-order valence-corrected chi connectivity index (χ4v) is 1.89. The van der Waals surface area contributed by atoms with Crippen LogP contribution in [0.4, 0.5) is 17.2 Å². The molecule has 0 aliphatic carbocycles. The average Bonchev–Trinajstić information content (AvgIpc) is 2.54. The van der Waals surface area contributed by atoms with Gasteiger partial charge in [-0.2, -0.15) is 0 Å².